The summed E-state index contributed by atoms with van der Waals surface area (Å²) < 4.78 is 37.4. The van der Waals surface area contributed by atoms with Crippen LogP contribution in [0.3, 0.4) is 0 Å². The largest absolute Gasteiger partial charge is 0.480 e. The fourth-order valence-corrected chi connectivity index (χ4v) is 2.04. The van der Waals surface area contributed by atoms with Crippen LogP contribution >= 0.6 is 0 Å². The molecule has 0 aliphatic rings. The lowest BCUT2D eigenvalue weighted by molar-refractivity contribution is 0.356. The summed E-state index contributed by atoms with van der Waals surface area (Å²) in [7, 11) is -0.809. The van der Waals surface area contributed by atoms with Gasteiger partial charge >= 0.3 is 16.1 Å². The molecule has 0 atom stereocenters. The summed E-state index contributed by atoms with van der Waals surface area (Å²) >= 11 is 0. The van der Waals surface area contributed by atoms with Crippen LogP contribution in [0.1, 0.15) is 0 Å². The van der Waals surface area contributed by atoms with Gasteiger partial charge in [0.2, 0.25) is 5.88 Å². The van der Waals surface area contributed by atoms with Crippen molar-refractivity contribution in [3.8, 4) is 17.6 Å². The zero-order valence-electron chi connectivity index (χ0n) is 10.6. The molecule has 0 saturated carbocycles. The summed E-state index contributed by atoms with van der Waals surface area (Å²) in [5.74, 6) is 0.292. The molecular weight excluding hydrogens is 272 g/mol. The molecule has 0 aliphatic carbocycles. The Balaban J connectivity index is 2.73. The van der Waals surface area contributed by atoms with Crippen LogP contribution in [-0.4, -0.2) is 38.9 Å². The average Bonchev–Trinajstić information content (AvgIpc) is 2.35. The summed E-state index contributed by atoms with van der Waals surface area (Å²) in [6.07, 6.45) is 0.961. The first-order valence-corrected chi connectivity index (χ1v) is 7.04. The minimum atomic E-state index is -3.65. The Hall–Kier alpha value is -2.09. The quantitative estimate of drug-likeness (QED) is 0.773. The molecule has 1 aromatic carbocycles. The fraction of sp³-hybridized carbons (Fsp3) is 0.273. The van der Waals surface area contributed by atoms with E-state index in [1.807, 2.05) is 0 Å². The maximum Gasteiger partial charge on any atom is 0.320 e. The lowest BCUT2D eigenvalue weighted by Crippen LogP contribution is -2.07. The number of fused-ring (bicyclic) bond motifs is 1. The number of benzene rings is 1. The summed E-state index contributed by atoms with van der Waals surface area (Å²) in [5.41, 5.74) is 0.463. The Morgan fingerprint density at radius 1 is 1.11 bits per heavy atom. The number of hydrogen-bond donors (Lipinski definition) is 0. The summed E-state index contributed by atoms with van der Waals surface area (Å²) in [5, 5.41) is 0.372. The molecule has 7 nitrogen and oxygen atoms in total. The number of aromatic nitrogens is 2. The van der Waals surface area contributed by atoms with Crippen molar-refractivity contribution < 1.29 is 22.1 Å². The van der Waals surface area contributed by atoms with Gasteiger partial charge in [0.25, 0.3) is 0 Å². The molecule has 0 fully saturated rings. The zero-order chi connectivity index (χ0) is 14.0. The fourth-order valence-electron chi connectivity index (χ4n) is 1.57. The second-order valence-electron chi connectivity index (χ2n) is 3.66. The Morgan fingerprint density at radius 2 is 1.84 bits per heavy atom. The Morgan fingerprint density at radius 3 is 2.42 bits per heavy atom. The van der Waals surface area contributed by atoms with Gasteiger partial charge in [-0.15, -0.1) is 0 Å². The molecule has 0 saturated heterocycles. The third-order valence-corrected chi connectivity index (χ3v) is 2.73. The lowest BCUT2D eigenvalue weighted by atomic mass is 10.2. The molecule has 0 N–H and O–H groups in total. The van der Waals surface area contributed by atoms with Crippen molar-refractivity contribution in [1.29, 1.82) is 0 Å². The SMILES string of the molecule is COc1nc(OC)c2c(OS(C)(=O)=O)cccc2n1. The topological polar surface area (TPSA) is 87.6 Å². The highest BCUT2D eigenvalue weighted by Crippen LogP contribution is 2.33. The average molecular weight is 284 g/mol. The van der Waals surface area contributed by atoms with Gasteiger partial charge in [-0.1, -0.05) is 6.07 Å². The van der Waals surface area contributed by atoms with Crippen molar-refractivity contribution in [3.05, 3.63) is 18.2 Å². The molecular formula is C11H12N2O5S. The first kappa shape index (κ1) is 13.3. The zero-order valence-corrected chi connectivity index (χ0v) is 11.4. The Labute approximate surface area is 110 Å². The van der Waals surface area contributed by atoms with Crippen molar-refractivity contribution in [1.82, 2.24) is 9.97 Å². The van der Waals surface area contributed by atoms with E-state index in [1.54, 1.807) is 12.1 Å². The predicted octanol–water partition coefficient (Wildman–Crippen LogP) is 0.985. The van der Waals surface area contributed by atoms with Gasteiger partial charge in [-0.3, -0.25) is 0 Å². The van der Waals surface area contributed by atoms with Gasteiger partial charge in [0, 0.05) is 0 Å². The molecule has 1 heterocycles. The van der Waals surface area contributed by atoms with Crippen LogP contribution in [0.5, 0.6) is 17.6 Å². The molecule has 0 radical (unpaired) electrons. The van der Waals surface area contributed by atoms with E-state index in [1.165, 1.54) is 20.3 Å². The molecule has 0 spiro atoms. The van der Waals surface area contributed by atoms with E-state index in [0.717, 1.165) is 6.26 Å². The third kappa shape index (κ3) is 2.84. The predicted molar refractivity (Wildman–Crippen MR) is 68.1 cm³/mol. The molecule has 2 rings (SSSR count). The molecule has 102 valence electrons. The maximum absolute atomic E-state index is 11.2. The van der Waals surface area contributed by atoms with Crippen molar-refractivity contribution in [3.63, 3.8) is 0 Å². The maximum atomic E-state index is 11.2. The van der Waals surface area contributed by atoms with Crippen LogP contribution in [0.2, 0.25) is 0 Å². The van der Waals surface area contributed by atoms with Crippen LogP contribution in [0.4, 0.5) is 0 Å². The van der Waals surface area contributed by atoms with E-state index < -0.39 is 10.1 Å². The minimum Gasteiger partial charge on any atom is -0.480 e. The van der Waals surface area contributed by atoms with E-state index >= 15 is 0 Å². The molecule has 0 bridgehead atoms. The van der Waals surface area contributed by atoms with Gasteiger partial charge in [-0.05, 0) is 12.1 Å². The van der Waals surface area contributed by atoms with Gasteiger partial charge in [0.15, 0.2) is 5.75 Å². The Kier molecular flexibility index (Phi) is 3.43. The molecule has 0 aliphatic heterocycles. The van der Waals surface area contributed by atoms with Crippen LogP contribution in [-0.2, 0) is 10.1 Å². The van der Waals surface area contributed by atoms with Crippen molar-refractivity contribution in [2.24, 2.45) is 0 Å². The van der Waals surface area contributed by atoms with Gasteiger partial charge in [0.05, 0.1) is 26.0 Å². The van der Waals surface area contributed by atoms with Gasteiger partial charge in [-0.25, -0.2) is 0 Å². The van der Waals surface area contributed by atoms with Crippen molar-refractivity contribution in [2.75, 3.05) is 20.5 Å². The van der Waals surface area contributed by atoms with E-state index in [-0.39, 0.29) is 17.6 Å². The Bertz CT molecular complexity index is 714. The van der Waals surface area contributed by atoms with E-state index in [2.05, 4.69) is 9.97 Å². The van der Waals surface area contributed by atoms with Gasteiger partial charge in [0.1, 0.15) is 5.39 Å². The van der Waals surface area contributed by atoms with E-state index in [9.17, 15) is 8.42 Å². The lowest BCUT2D eigenvalue weighted by Gasteiger charge is -2.10. The highest BCUT2D eigenvalue weighted by atomic mass is 32.2. The standard InChI is InChI=1S/C11H12N2O5S/c1-16-10-9-7(12-11(13-10)17-2)5-4-6-8(9)18-19(3,14)15/h4-6H,1-3H3. The molecule has 0 unspecified atom stereocenters. The molecule has 0 amide bonds. The minimum absolute atomic E-state index is 0.111. The third-order valence-electron chi connectivity index (χ3n) is 2.25. The number of rotatable bonds is 4. The number of nitrogens with zero attached hydrogens (tertiary/aromatic N) is 2. The highest BCUT2D eigenvalue weighted by Gasteiger charge is 2.16. The molecule has 8 heteroatoms. The van der Waals surface area contributed by atoms with Crippen molar-refractivity contribution >= 4 is 21.0 Å². The second kappa shape index (κ2) is 4.88. The van der Waals surface area contributed by atoms with Crippen LogP contribution < -0.4 is 13.7 Å². The van der Waals surface area contributed by atoms with Crippen LogP contribution in [0, 0.1) is 0 Å². The smallest absolute Gasteiger partial charge is 0.320 e. The van der Waals surface area contributed by atoms with Crippen LogP contribution in [0.25, 0.3) is 10.9 Å². The normalized spacial score (nSPS) is 11.3. The first-order chi connectivity index (χ1) is 8.94. The van der Waals surface area contributed by atoms with E-state index in [4.69, 9.17) is 13.7 Å². The summed E-state index contributed by atoms with van der Waals surface area (Å²) in [6.45, 7) is 0. The molecule has 19 heavy (non-hydrogen) atoms. The first-order valence-electron chi connectivity index (χ1n) is 5.23. The van der Waals surface area contributed by atoms with Crippen LogP contribution in [0.15, 0.2) is 18.2 Å². The van der Waals surface area contributed by atoms with Gasteiger partial charge in [-0.2, -0.15) is 18.4 Å². The summed E-state index contributed by atoms with van der Waals surface area (Å²) in [6, 6.07) is 4.93. The second-order valence-corrected chi connectivity index (χ2v) is 5.23. The van der Waals surface area contributed by atoms with Gasteiger partial charge < -0.3 is 13.7 Å². The molecule has 1 aromatic heterocycles. The number of methoxy groups -OCH3 is 2. The summed E-state index contributed by atoms with van der Waals surface area (Å²) in [4.78, 5) is 8.10. The number of ether oxygens (including phenoxy) is 2. The van der Waals surface area contributed by atoms with E-state index in [0.29, 0.717) is 10.9 Å². The molecule has 2 aromatic rings. The monoisotopic (exact) mass is 284 g/mol. The van der Waals surface area contributed by atoms with Crippen molar-refractivity contribution in [2.45, 2.75) is 0 Å². The highest BCUT2D eigenvalue weighted by molar-refractivity contribution is 7.86. The number of hydrogen-bond acceptors (Lipinski definition) is 7.